The summed E-state index contributed by atoms with van der Waals surface area (Å²) < 4.78 is 10.7. The van der Waals surface area contributed by atoms with Crippen LogP contribution in [0.1, 0.15) is 92.9 Å². The zero-order valence-corrected chi connectivity index (χ0v) is 17.6. The predicted octanol–water partition coefficient (Wildman–Crippen LogP) is 5.24. The van der Waals surface area contributed by atoms with Crippen molar-refractivity contribution in [3.63, 3.8) is 0 Å². The van der Waals surface area contributed by atoms with Gasteiger partial charge >= 0.3 is 11.9 Å². The number of azo groups is 1. The molecule has 0 saturated carbocycles. The maximum absolute atomic E-state index is 12.5. The lowest BCUT2D eigenvalue weighted by Crippen LogP contribution is -2.39. The lowest BCUT2D eigenvalue weighted by atomic mass is 9.96. The molecule has 0 spiro atoms. The molecule has 6 heteroatoms. The SMILES string of the molecule is CCCCOC(=O)C(C)(CCC)/N=N/C(C)(CCC)C(=O)OCCCC. The van der Waals surface area contributed by atoms with Gasteiger partial charge in [0.1, 0.15) is 0 Å². The largest absolute Gasteiger partial charge is 0.464 e. The van der Waals surface area contributed by atoms with E-state index in [-0.39, 0.29) is 11.9 Å². The summed E-state index contributed by atoms with van der Waals surface area (Å²) in [5, 5.41) is 8.63. The molecule has 6 nitrogen and oxygen atoms in total. The van der Waals surface area contributed by atoms with E-state index in [4.69, 9.17) is 9.47 Å². The molecule has 0 rings (SSSR count). The highest BCUT2D eigenvalue weighted by atomic mass is 16.5. The Kier molecular flexibility index (Phi) is 12.1. The highest BCUT2D eigenvalue weighted by molar-refractivity contribution is 5.81. The van der Waals surface area contributed by atoms with Gasteiger partial charge in [-0.3, -0.25) is 0 Å². The van der Waals surface area contributed by atoms with Crippen molar-refractivity contribution >= 4 is 11.9 Å². The summed E-state index contributed by atoms with van der Waals surface area (Å²) >= 11 is 0. The number of nitrogens with zero attached hydrogens (tertiary/aromatic N) is 2. The summed E-state index contributed by atoms with van der Waals surface area (Å²) in [5.74, 6) is -0.760. The molecule has 0 saturated heterocycles. The van der Waals surface area contributed by atoms with E-state index in [1.54, 1.807) is 13.8 Å². The molecule has 0 aromatic carbocycles. The zero-order valence-electron chi connectivity index (χ0n) is 17.6. The lowest BCUT2D eigenvalue weighted by molar-refractivity contribution is -0.152. The standard InChI is InChI=1S/C20H38N2O4/c1-7-11-15-25-17(23)19(5,13-9-3)21-22-20(6,14-10-4)18(24)26-16-12-8-2/h7-16H2,1-6H3/b22-21+. The van der Waals surface area contributed by atoms with Crippen LogP contribution in [0.3, 0.4) is 0 Å². The van der Waals surface area contributed by atoms with E-state index < -0.39 is 11.1 Å². The predicted molar refractivity (Wildman–Crippen MR) is 103 cm³/mol. The second kappa shape index (κ2) is 12.8. The van der Waals surface area contributed by atoms with Crippen LogP contribution in [0.4, 0.5) is 0 Å². The molecule has 0 aliphatic carbocycles. The number of esters is 2. The van der Waals surface area contributed by atoms with Crippen molar-refractivity contribution in [2.24, 2.45) is 10.2 Å². The molecule has 2 atom stereocenters. The van der Waals surface area contributed by atoms with Gasteiger partial charge in [-0.15, -0.1) is 0 Å². The van der Waals surface area contributed by atoms with Crippen LogP contribution in [0.5, 0.6) is 0 Å². The number of carbonyl (C=O) groups excluding carboxylic acids is 2. The minimum absolute atomic E-state index is 0.380. The lowest BCUT2D eigenvalue weighted by Gasteiger charge is -2.26. The van der Waals surface area contributed by atoms with Crippen LogP contribution in [0.2, 0.25) is 0 Å². The molecular formula is C20H38N2O4. The van der Waals surface area contributed by atoms with Crippen LogP contribution in [0, 0.1) is 0 Å². The topological polar surface area (TPSA) is 77.3 Å². The van der Waals surface area contributed by atoms with E-state index in [0.717, 1.165) is 38.5 Å². The number of hydrogen-bond donors (Lipinski definition) is 0. The molecule has 0 N–H and O–H groups in total. The van der Waals surface area contributed by atoms with Crippen molar-refractivity contribution in [1.82, 2.24) is 0 Å². The molecular weight excluding hydrogens is 332 g/mol. The number of ether oxygens (including phenoxy) is 2. The number of hydrogen-bond acceptors (Lipinski definition) is 6. The molecule has 0 amide bonds. The average Bonchev–Trinajstić information content (AvgIpc) is 2.60. The van der Waals surface area contributed by atoms with Crippen LogP contribution in [0.15, 0.2) is 10.2 Å². The second-order valence-corrected chi connectivity index (χ2v) is 7.23. The number of rotatable bonds is 14. The molecule has 0 radical (unpaired) electrons. The Balaban J connectivity index is 5.28. The van der Waals surface area contributed by atoms with Gasteiger partial charge in [0.25, 0.3) is 0 Å². The molecule has 26 heavy (non-hydrogen) atoms. The molecule has 0 bridgehead atoms. The van der Waals surface area contributed by atoms with Crippen molar-refractivity contribution in [3.8, 4) is 0 Å². The van der Waals surface area contributed by atoms with E-state index in [1.807, 2.05) is 27.7 Å². The van der Waals surface area contributed by atoms with Crippen LogP contribution in [-0.2, 0) is 19.1 Å². The first-order valence-corrected chi connectivity index (χ1v) is 10.1. The van der Waals surface area contributed by atoms with Gasteiger partial charge in [0.15, 0.2) is 11.1 Å². The first kappa shape index (κ1) is 24.5. The number of unbranched alkanes of at least 4 members (excludes halogenated alkanes) is 2. The molecule has 0 aliphatic rings. The van der Waals surface area contributed by atoms with E-state index in [1.165, 1.54) is 0 Å². The van der Waals surface area contributed by atoms with E-state index in [2.05, 4.69) is 10.2 Å². The third-order valence-corrected chi connectivity index (χ3v) is 4.31. The van der Waals surface area contributed by atoms with Crippen molar-refractivity contribution in [3.05, 3.63) is 0 Å². The normalized spacial score (nSPS) is 16.1. The first-order chi connectivity index (χ1) is 12.3. The van der Waals surface area contributed by atoms with Crippen LogP contribution >= 0.6 is 0 Å². The monoisotopic (exact) mass is 370 g/mol. The molecule has 2 unspecified atom stereocenters. The van der Waals surface area contributed by atoms with Crippen LogP contribution < -0.4 is 0 Å². The Hall–Kier alpha value is -1.46. The summed E-state index contributed by atoms with van der Waals surface area (Å²) in [5.41, 5.74) is -2.14. The zero-order chi connectivity index (χ0) is 20.1. The Labute approximate surface area is 159 Å². The van der Waals surface area contributed by atoms with Crippen LogP contribution in [0.25, 0.3) is 0 Å². The Bertz CT molecular complexity index is 413. The van der Waals surface area contributed by atoms with Crippen molar-refractivity contribution < 1.29 is 19.1 Å². The first-order valence-electron chi connectivity index (χ1n) is 10.1. The van der Waals surface area contributed by atoms with Crippen LogP contribution in [-0.4, -0.2) is 36.2 Å². The Morgan fingerprint density at radius 2 is 1.04 bits per heavy atom. The van der Waals surface area contributed by atoms with Gasteiger partial charge < -0.3 is 9.47 Å². The van der Waals surface area contributed by atoms with Crippen molar-refractivity contribution in [1.29, 1.82) is 0 Å². The second-order valence-electron chi connectivity index (χ2n) is 7.23. The Morgan fingerprint density at radius 3 is 1.31 bits per heavy atom. The summed E-state index contributed by atoms with van der Waals surface area (Å²) in [6.45, 7) is 12.3. The molecule has 0 aromatic heterocycles. The maximum atomic E-state index is 12.5. The fraction of sp³-hybridized carbons (Fsp3) is 0.900. The molecule has 0 aliphatic heterocycles. The molecule has 0 fully saturated rings. The van der Waals surface area contributed by atoms with Gasteiger partial charge in [-0.05, 0) is 39.5 Å². The molecule has 0 aromatic rings. The minimum atomic E-state index is -1.07. The maximum Gasteiger partial charge on any atom is 0.335 e. The van der Waals surface area contributed by atoms with Gasteiger partial charge in [-0.2, -0.15) is 10.2 Å². The van der Waals surface area contributed by atoms with Gasteiger partial charge in [-0.25, -0.2) is 9.59 Å². The van der Waals surface area contributed by atoms with E-state index >= 15 is 0 Å². The number of carbonyl (C=O) groups is 2. The third-order valence-electron chi connectivity index (χ3n) is 4.31. The van der Waals surface area contributed by atoms with E-state index in [9.17, 15) is 9.59 Å². The van der Waals surface area contributed by atoms with Crippen molar-refractivity contribution in [2.45, 2.75) is 104 Å². The van der Waals surface area contributed by atoms with Gasteiger partial charge in [-0.1, -0.05) is 53.4 Å². The van der Waals surface area contributed by atoms with Gasteiger partial charge in [0, 0.05) is 0 Å². The fourth-order valence-electron chi connectivity index (χ4n) is 2.51. The average molecular weight is 371 g/mol. The highest BCUT2D eigenvalue weighted by Gasteiger charge is 2.39. The highest BCUT2D eigenvalue weighted by Crippen LogP contribution is 2.26. The summed E-state index contributed by atoms with van der Waals surface area (Å²) in [6, 6.07) is 0. The summed E-state index contributed by atoms with van der Waals surface area (Å²) in [7, 11) is 0. The third kappa shape index (κ3) is 8.28. The summed E-state index contributed by atoms with van der Waals surface area (Å²) in [6.07, 6.45) is 6.14. The van der Waals surface area contributed by atoms with E-state index in [0.29, 0.717) is 26.1 Å². The Morgan fingerprint density at radius 1 is 0.692 bits per heavy atom. The van der Waals surface area contributed by atoms with Gasteiger partial charge in [0.05, 0.1) is 13.2 Å². The fourth-order valence-corrected chi connectivity index (χ4v) is 2.51. The quantitative estimate of drug-likeness (QED) is 0.238. The van der Waals surface area contributed by atoms with Crippen molar-refractivity contribution in [2.75, 3.05) is 13.2 Å². The molecule has 152 valence electrons. The summed E-state index contributed by atoms with van der Waals surface area (Å²) in [4.78, 5) is 25.0. The smallest absolute Gasteiger partial charge is 0.335 e. The molecule has 0 heterocycles. The minimum Gasteiger partial charge on any atom is -0.464 e. The van der Waals surface area contributed by atoms with Gasteiger partial charge in [0.2, 0.25) is 0 Å².